The Hall–Kier alpha value is 0.324. The summed E-state index contributed by atoms with van der Waals surface area (Å²) in [5.74, 6) is 0.189. The zero-order valence-corrected chi connectivity index (χ0v) is 13.8. The van der Waals surface area contributed by atoms with Gasteiger partial charge in [0, 0.05) is 52.3 Å². The van der Waals surface area contributed by atoms with E-state index in [0.717, 1.165) is 6.42 Å². The van der Waals surface area contributed by atoms with E-state index in [-0.39, 0.29) is 38.5 Å². The average Bonchev–Trinajstić information content (AvgIpc) is 2.30. The molecular formula is C12H21O5Y-. The summed E-state index contributed by atoms with van der Waals surface area (Å²) in [5.41, 5.74) is 0. The third-order valence-corrected chi connectivity index (χ3v) is 1.91. The van der Waals surface area contributed by atoms with Gasteiger partial charge in [-0.3, -0.25) is 6.29 Å². The van der Waals surface area contributed by atoms with Crippen LogP contribution in [0.1, 0.15) is 26.2 Å². The van der Waals surface area contributed by atoms with Gasteiger partial charge in [0.15, 0.2) is 0 Å². The monoisotopic (exact) mass is 334 g/mol. The normalized spacial score (nSPS) is 9.83. The molecule has 0 heterocycles. The van der Waals surface area contributed by atoms with Gasteiger partial charge >= 0.3 is 0 Å². The van der Waals surface area contributed by atoms with E-state index < -0.39 is 0 Å². The predicted octanol–water partition coefficient (Wildman–Crippen LogP) is 0.903. The van der Waals surface area contributed by atoms with Crippen LogP contribution in [0.3, 0.4) is 0 Å². The third kappa shape index (κ3) is 18.7. The van der Waals surface area contributed by atoms with Crippen LogP contribution in [-0.4, -0.2) is 51.7 Å². The fourth-order valence-corrected chi connectivity index (χ4v) is 1.08. The van der Waals surface area contributed by atoms with E-state index in [1.807, 2.05) is 0 Å². The predicted molar refractivity (Wildman–Crippen MR) is 62.7 cm³/mol. The van der Waals surface area contributed by atoms with Gasteiger partial charge in [-0.25, -0.2) is 0 Å². The number of hydrogen-bond acceptors (Lipinski definition) is 5. The maximum atomic E-state index is 10.6. The summed E-state index contributed by atoms with van der Waals surface area (Å²) in [6, 6.07) is 0. The Bertz CT molecular complexity index is 199. The van der Waals surface area contributed by atoms with Crippen molar-refractivity contribution in [2.75, 3.05) is 39.6 Å². The molecule has 0 amide bonds. The van der Waals surface area contributed by atoms with Gasteiger partial charge in [-0.15, -0.1) is 6.42 Å². The largest absolute Gasteiger partial charge is 0.542 e. The molecule has 1 radical (unpaired) electrons. The summed E-state index contributed by atoms with van der Waals surface area (Å²) in [6.07, 6.45) is 3.39. The average molecular weight is 334 g/mol. The van der Waals surface area contributed by atoms with Gasteiger partial charge in [0.2, 0.25) is 0 Å². The quantitative estimate of drug-likeness (QED) is 0.370. The van der Waals surface area contributed by atoms with Crippen molar-refractivity contribution >= 4 is 12.1 Å². The topological polar surface area (TPSA) is 61.8 Å². The van der Waals surface area contributed by atoms with Crippen LogP contribution in [0.25, 0.3) is 0 Å². The molecule has 0 aromatic heterocycles. The van der Waals surface area contributed by atoms with Crippen molar-refractivity contribution in [1.82, 2.24) is 0 Å². The minimum absolute atomic E-state index is 0. The summed E-state index contributed by atoms with van der Waals surface area (Å²) >= 11 is 0. The van der Waals surface area contributed by atoms with Crippen molar-refractivity contribution in [3.8, 4) is 0 Å². The Morgan fingerprint density at radius 3 is 1.94 bits per heavy atom. The molecule has 6 heteroatoms. The van der Waals surface area contributed by atoms with E-state index in [9.17, 15) is 9.59 Å². The van der Waals surface area contributed by atoms with Gasteiger partial charge in [0.05, 0.1) is 26.4 Å². The fourth-order valence-electron chi connectivity index (χ4n) is 1.08. The summed E-state index contributed by atoms with van der Waals surface area (Å²) in [6.45, 7) is 4.58. The summed E-state index contributed by atoms with van der Waals surface area (Å²) in [7, 11) is 0. The Morgan fingerprint density at radius 1 is 0.944 bits per heavy atom. The molecule has 0 fully saturated rings. The maximum Gasteiger partial charge on any atom is 0.129 e. The van der Waals surface area contributed by atoms with Gasteiger partial charge in [0.25, 0.3) is 0 Å². The smallest absolute Gasteiger partial charge is 0.129 e. The minimum Gasteiger partial charge on any atom is -0.542 e. The Balaban J connectivity index is 0. The Kier molecular flexibility index (Phi) is 19.9. The molecule has 0 aromatic rings. The molecule has 0 atom stereocenters. The number of ketones is 1. The van der Waals surface area contributed by atoms with Crippen LogP contribution in [0.2, 0.25) is 0 Å². The second kappa shape index (κ2) is 17.3. The molecule has 0 unspecified atom stereocenters. The number of rotatable bonds is 13. The third-order valence-electron chi connectivity index (χ3n) is 1.91. The molecule has 5 nitrogen and oxygen atoms in total. The van der Waals surface area contributed by atoms with Crippen molar-refractivity contribution < 1.29 is 56.5 Å². The molecule has 0 aliphatic carbocycles. The first kappa shape index (κ1) is 20.6. The molecule has 0 saturated heterocycles. The van der Waals surface area contributed by atoms with Crippen LogP contribution in [-0.2, 0) is 56.5 Å². The van der Waals surface area contributed by atoms with E-state index in [2.05, 4.69) is 0 Å². The van der Waals surface area contributed by atoms with Crippen LogP contribution in [0.4, 0.5) is 0 Å². The van der Waals surface area contributed by atoms with Crippen molar-refractivity contribution in [2.45, 2.75) is 26.2 Å². The number of hydrogen-bond donors (Lipinski definition) is 0. The van der Waals surface area contributed by atoms with Crippen LogP contribution >= 0.6 is 0 Å². The van der Waals surface area contributed by atoms with Gasteiger partial charge in [-0.2, -0.15) is 0 Å². The number of carbonyl (C=O) groups is 1. The Labute approximate surface area is 134 Å². The number of Topliss-reactive ketones (excluding diaryl/α,β-unsaturated/α-hetero) is 1. The first-order valence-corrected chi connectivity index (χ1v) is 5.85. The zero-order chi connectivity index (χ0) is 12.8. The van der Waals surface area contributed by atoms with Crippen molar-refractivity contribution in [3.63, 3.8) is 0 Å². The Morgan fingerprint density at radius 2 is 1.44 bits per heavy atom. The molecule has 0 spiro atoms. The van der Waals surface area contributed by atoms with Crippen molar-refractivity contribution in [1.29, 1.82) is 0 Å². The molecule has 0 saturated carbocycles. The summed E-state index contributed by atoms with van der Waals surface area (Å²) in [4.78, 5) is 20.4. The molecule has 0 aromatic carbocycles. The fraction of sp³-hybridized carbons (Fsp3) is 0.833. The summed E-state index contributed by atoms with van der Waals surface area (Å²) in [5, 5.41) is 0. The second-order valence-corrected chi connectivity index (χ2v) is 3.54. The molecule has 0 rings (SSSR count). The van der Waals surface area contributed by atoms with Gasteiger partial charge in [0.1, 0.15) is 5.78 Å². The van der Waals surface area contributed by atoms with E-state index in [0.29, 0.717) is 52.5 Å². The molecule has 103 valence electrons. The van der Waals surface area contributed by atoms with Crippen LogP contribution in [0.15, 0.2) is 0 Å². The summed E-state index contributed by atoms with van der Waals surface area (Å²) < 4.78 is 15.6. The van der Waals surface area contributed by atoms with Crippen LogP contribution < -0.4 is 0 Å². The van der Waals surface area contributed by atoms with Gasteiger partial charge < -0.3 is 23.8 Å². The molecule has 0 N–H and O–H groups in total. The standard InChI is InChI=1S/C12H21O5.Y/c1-12(14)4-2-6-15-8-10-17-11-9-16-7-3-5-13;/h2-4,6-11H2,1H3;/q-1;. The number of carbonyl (C=O) groups excluding carboxylic acids is 2. The van der Waals surface area contributed by atoms with E-state index in [4.69, 9.17) is 14.2 Å². The molecular weight excluding hydrogens is 313 g/mol. The minimum atomic E-state index is 0. The molecule has 0 aliphatic rings. The molecule has 18 heavy (non-hydrogen) atoms. The van der Waals surface area contributed by atoms with E-state index >= 15 is 0 Å². The van der Waals surface area contributed by atoms with Crippen molar-refractivity contribution in [2.24, 2.45) is 0 Å². The second-order valence-electron chi connectivity index (χ2n) is 3.54. The first-order chi connectivity index (χ1) is 8.27. The van der Waals surface area contributed by atoms with Gasteiger partial charge in [-0.05, 0) is 13.3 Å². The molecule has 0 bridgehead atoms. The van der Waals surface area contributed by atoms with Crippen molar-refractivity contribution in [3.05, 3.63) is 0 Å². The van der Waals surface area contributed by atoms with E-state index in [1.165, 1.54) is 0 Å². The molecule has 0 aliphatic heterocycles. The number of ether oxygens (including phenoxy) is 3. The first-order valence-electron chi connectivity index (χ1n) is 5.85. The maximum absolute atomic E-state index is 10.6. The zero-order valence-electron chi connectivity index (χ0n) is 11.0. The van der Waals surface area contributed by atoms with Crippen LogP contribution in [0, 0.1) is 0 Å². The van der Waals surface area contributed by atoms with Gasteiger partial charge in [-0.1, -0.05) is 0 Å². The SMILES string of the molecule is CC(=O)CCCOCCOCCOCC[C-]=O.[Y]. The van der Waals surface area contributed by atoms with Crippen LogP contribution in [0.5, 0.6) is 0 Å². The van der Waals surface area contributed by atoms with E-state index in [1.54, 1.807) is 13.2 Å².